The van der Waals surface area contributed by atoms with Gasteiger partial charge < -0.3 is 10.1 Å². The summed E-state index contributed by atoms with van der Waals surface area (Å²) < 4.78 is 5.72. The van der Waals surface area contributed by atoms with Gasteiger partial charge in [0.15, 0.2) is 0 Å². The summed E-state index contributed by atoms with van der Waals surface area (Å²) in [5, 5.41) is 3.12. The van der Waals surface area contributed by atoms with Crippen LogP contribution >= 0.6 is 0 Å². The largest absolute Gasteiger partial charge is 0.477 e. The third-order valence-electron chi connectivity index (χ3n) is 5.49. The minimum atomic E-state index is -0.434. The number of benzene rings is 1. The fourth-order valence-corrected chi connectivity index (χ4v) is 3.91. The molecule has 1 saturated carbocycles. The van der Waals surface area contributed by atoms with Crippen LogP contribution in [0.3, 0.4) is 0 Å². The van der Waals surface area contributed by atoms with Crippen LogP contribution in [-0.4, -0.2) is 17.5 Å². The molecule has 0 unspecified atom stereocenters. The Bertz CT molecular complexity index is 795. The number of ether oxygens (including phenoxy) is 1. The van der Waals surface area contributed by atoms with Gasteiger partial charge in [0.05, 0.1) is 23.9 Å². The predicted octanol–water partition coefficient (Wildman–Crippen LogP) is 5.33. The molecule has 0 saturated heterocycles. The number of unbranched alkanes of at least 4 members (excludes halogenated alkanes) is 1. The van der Waals surface area contributed by atoms with Gasteiger partial charge >= 0.3 is 0 Å². The lowest BCUT2D eigenvalue weighted by Gasteiger charge is -2.28. The zero-order chi connectivity index (χ0) is 19.3. The Morgan fingerprint density at radius 2 is 2.00 bits per heavy atom. The number of amides is 1. The molecule has 3 rings (SSSR count). The topological polar surface area (TPSA) is 51.2 Å². The second-order valence-corrected chi connectivity index (χ2v) is 7.66. The van der Waals surface area contributed by atoms with E-state index in [2.05, 4.69) is 42.3 Å². The average molecular weight is 367 g/mol. The van der Waals surface area contributed by atoms with Gasteiger partial charge in [-0.15, -0.1) is 0 Å². The number of hydrogen-bond acceptors (Lipinski definition) is 3. The van der Waals surface area contributed by atoms with Crippen LogP contribution in [0.25, 0.3) is 0 Å². The Morgan fingerprint density at radius 1 is 1.22 bits per heavy atom. The molecular formula is C23H30N2O2. The Labute approximate surface area is 162 Å². The summed E-state index contributed by atoms with van der Waals surface area (Å²) in [7, 11) is 0. The number of nitrogens with one attached hydrogen (secondary N) is 1. The maximum atomic E-state index is 13.3. The van der Waals surface area contributed by atoms with Gasteiger partial charge in [0.25, 0.3) is 0 Å². The van der Waals surface area contributed by atoms with Crippen LogP contribution in [0.2, 0.25) is 0 Å². The predicted molar refractivity (Wildman–Crippen MR) is 109 cm³/mol. The molecule has 1 aliphatic carbocycles. The molecular weight excluding hydrogens is 336 g/mol. The van der Waals surface area contributed by atoms with Gasteiger partial charge in [0.1, 0.15) is 0 Å². The molecule has 144 valence electrons. The highest BCUT2D eigenvalue weighted by molar-refractivity contribution is 5.99. The summed E-state index contributed by atoms with van der Waals surface area (Å²) in [5.41, 5.74) is 3.56. The van der Waals surface area contributed by atoms with Crippen molar-refractivity contribution in [2.75, 3.05) is 11.9 Å². The second kappa shape index (κ2) is 8.55. The van der Waals surface area contributed by atoms with Gasteiger partial charge in [-0.1, -0.05) is 56.0 Å². The highest BCUT2D eigenvalue weighted by Crippen LogP contribution is 2.42. The number of nitrogens with zero attached hydrogens (tertiary/aromatic N) is 1. The minimum Gasteiger partial charge on any atom is -0.477 e. The summed E-state index contributed by atoms with van der Waals surface area (Å²) in [4.78, 5) is 17.7. The molecule has 0 atom stereocenters. The monoisotopic (exact) mass is 366 g/mol. The molecule has 2 aromatic rings. The molecule has 0 radical (unpaired) electrons. The van der Waals surface area contributed by atoms with Gasteiger partial charge in [0, 0.05) is 5.56 Å². The molecule has 1 heterocycles. The Balaban J connectivity index is 1.78. The van der Waals surface area contributed by atoms with Gasteiger partial charge in [0.2, 0.25) is 11.8 Å². The number of anilines is 1. The van der Waals surface area contributed by atoms with Crippen molar-refractivity contribution in [1.82, 2.24) is 4.98 Å². The van der Waals surface area contributed by atoms with Gasteiger partial charge in [-0.3, -0.25) is 4.79 Å². The summed E-state index contributed by atoms with van der Waals surface area (Å²) in [6.07, 6.45) is 7.77. The van der Waals surface area contributed by atoms with E-state index < -0.39 is 5.41 Å². The molecule has 0 aliphatic heterocycles. The second-order valence-electron chi connectivity index (χ2n) is 7.66. The van der Waals surface area contributed by atoms with Crippen molar-refractivity contribution in [1.29, 1.82) is 0 Å². The van der Waals surface area contributed by atoms with Gasteiger partial charge in [-0.2, -0.15) is 0 Å². The van der Waals surface area contributed by atoms with E-state index in [1.165, 1.54) is 5.56 Å². The zero-order valence-electron chi connectivity index (χ0n) is 16.7. The van der Waals surface area contributed by atoms with Gasteiger partial charge in [-0.05, 0) is 44.7 Å². The summed E-state index contributed by atoms with van der Waals surface area (Å²) in [5.74, 6) is 0.724. The van der Waals surface area contributed by atoms with E-state index in [0.717, 1.165) is 55.3 Å². The first-order valence-electron chi connectivity index (χ1n) is 10.0. The molecule has 0 spiro atoms. The molecule has 1 fully saturated rings. The maximum absolute atomic E-state index is 13.3. The maximum Gasteiger partial charge on any atom is 0.235 e. The lowest BCUT2D eigenvalue weighted by atomic mass is 9.77. The van der Waals surface area contributed by atoms with Crippen molar-refractivity contribution in [3.63, 3.8) is 0 Å². The molecule has 1 aromatic heterocycles. The fraction of sp³-hybridized carbons (Fsp3) is 0.478. The van der Waals surface area contributed by atoms with Crippen molar-refractivity contribution in [3.05, 3.63) is 53.2 Å². The molecule has 1 amide bonds. The molecule has 1 aliphatic rings. The first kappa shape index (κ1) is 19.4. The number of aromatic nitrogens is 1. The molecule has 4 heteroatoms. The van der Waals surface area contributed by atoms with E-state index in [4.69, 9.17) is 4.74 Å². The van der Waals surface area contributed by atoms with Crippen LogP contribution in [0.4, 0.5) is 5.69 Å². The lowest BCUT2D eigenvalue weighted by Crippen LogP contribution is -2.38. The van der Waals surface area contributed by atoms with Crippen LogP contribution in [-0.2, 0) is 10.2 Å². The van der Waals surface area contributed by atoms with Crippen molar-refractivity contribution in [2.24, 2.45) is 0 Å². The first-order chi connectivity index (χ1) is 13.0. The summed E-state index contributed by atoms with van der Waals surface area (Å²) >= 11 is 0. The summed E-state index contributed by atoms with van der Waals surface area (Å²) in [6.45, 7) is 6.85. The highest BCUT2D eigenvalue weighted by atomic mass is 16.5. The molecule has 27 heavy (non-hydrogen) atoms. The first-order valence-corrected chi connectivity index (χ1v) is 10.0. The highest BCUT2D eigenvalue weighted by Gasteiger charge is 2.42. The van der Waals surface area contributed by atoms with E-state index in [9.17, 15) is 4.79 Å². The standard InChI is InChI=1S/C23H30N2O2/c1-4-5-13-27-21-18(3)15-20(16-24-21)25-22(26)23(11-6-7-12-23)19-10-8-9-17(2)14-19/h8-10,14-16H,4-7,11-13H2,1-3H3,(H,25,26). The van der Waals surface area contributed by atoms with Crippen molar-refractivity contribution >= 4 is 11.6 Å². The lowest BCUT2D eigenvalue weighted by molar-refractivity contribution is -0.121. The number of carbonyl (C=O) groups is 1. The Kier molecular flexibility index (Phi) is 6.15. The molecule has 1 N–H and O–H groups in total. The van der Waals surface area contributed by atoms with Crippen LogP contribution in [0.15, 0.2) is 36.5 Å². The number of pyridine rings is 1. The van der Waals surface area contributed by atoms with E-state index in [0.29, 0.717) is 12.5 Å². The Morgan fingerprint density at radius 3 is 2.67 bits per heavy atom. The number of carbonyl (C=O) groups excluding carboxylic acids is 1. The van der Waals surface area contributed by atoms with Crippen molar-refractivity contribution in [3.8, 4) is 5.88 Å². The van der Waals surface area contributed by atoms with Crippen LogP contribution in [0, 0.1) is 13.8 Å². The number of rotatable bonds is 7. The third kappa shape index (κ3) is 4.32. The van der Waals surface area contributed by atoms with Gasteiger partial charge in [-0.25, -0.2) is 4.98 Å². The molecule has 4 nitrogen and oxygen atoms in total. The van der Waals surface area contributed by atoms with Crippen LogP contribution < -0.4 is 10.1 Å². The zero-order valence-corrected chi connectivity index (χ0v) is 16.7. The quantitative estimate of drug-likeness (QED) is 0.674. The normalized spacial score (nSPS) is 15.5. The summed E-state index contributed by atoms with van der Waals surface area (Å²) in [6, 6.07) is 10.3. The molecule has 0 bridgehead atoms. The SMILES string of the molecule is CCCCOc1ncc(NC(=O)C2(c3cccc(C)c3)CCCC2)cc1C. The number of hydrogen-bond donors (Lipinski definition) is 1. The number of aryl methyl sites for hydroxylation is 2. The van der Waals surface area contributed by atoms with E-state index in [1.54, 1.807) is 6.20 Å². The average Bonchev–Trinajstić information content (AvgIpc) is 3.15. The van der Waals surface area contributed by atoms with Crippen molar-refractivity contribution in [2.45, 2.75) is 64.7 Å². The smallest absolute Gasteiger partial charge is 0.235 e. The van der Waals surface area contributed by atoms with E-state index in [-0.39, 0.29) is 5.91 Å². The van der Waals surface area contributed by atoms with Crippen LogP contribution in [0.1, 0.15) is 62.1 Å². The fourth-order valence-electron chi connectivity index (χ4n) is 3.91. The third-order valence-corrected chi connectivity index (χ3v) is 5.49. The van der Waals surface area contributed by atoms with E-state index >= 15 is 0 Å². The Hall–Kier alpha value is -2.36. The van der Waals surface area contributed by atoms with Crippen LogP contribution in [0.5, 0.6) is 5.88 Å². The van der Waals surface area contributed by atoms with Crippen molar-refractivity contribution < 1.29 is 9.53 Å². The molecule has 1 aromatic carbocycles. The minimum absolute atomic E-state index is 0.0754. The van der Waals surface area contributed by atoms with E-state index in [1.807, 2.05) is 19.1 Å².